The van der Waals surface area contributed by atoms with E-state index in [0.717, 1.165) is 37.5 Å². The van der Waals surface area contributed by atoms with Crippen molar-refractivity contribution in [2.75, 3.05) is 13.1 Å². The lowest BCUT2D eigenvalue weighted by Gasteiger charge is -2.17. The van der Waals surface area contributed by atoms with Gasteiger partial charge in [0, 0.05) is 17.8 Å². The van der Waals surface area contributed by atoms with Crippen molar-refractivity contribution in [3.63, 3.8) is 0 Å². The summed E-state index contributed by atoms with van der Waals surface area (Å²) >= 11 is 6.09. The molecule has 1 heterocycles. The Hall–Kier alpha value is -1.32. The molecule has 0 aliphatic rings. The molecule has 0 bridgehead atoms. The van der Waals surface area contributed by atoms with E-state index in [-0.39, 0.29) is 0 Å². The molecule has 0 saturated carbocycles. The molecule has 2 rings (SSSR count). The van der Waals surface area contributed by atoms with Crippen LogP contribution in [0.4, 0.5) is 0 Å². The van der Waals surface area contributed by atoms with Crippen LogP contribution in [0.25, 0.3) is 0 Å². The summed E-state index contributed by atoms with van der Waals surface area (Å²) in [5.41, 5.74) is 2.61. The highest BCUT2D eigenvalue weighted by molar-refractivity contribution is 6.30. The first-order valence-electron chi connectivity index (χ1n) is 7.67. The first-order chi connectivity index (χ1) is 10.2. The van der Waals surface area contributed by atoms with E-state index in [1.54, 1.807) is 0 Å². The van der Waals surface area contributed by atoms with Gasteiger partial charge in [0.05, 0.1) is 6.20 Å². The molecule has 0 aliphatic carbocycles. The first kappa shape index (κ1) is 16.1. The van der Waals surface area contributed by atoms with Gasteiger partial charge in [0.25, 0.3) is 0 Å². The van der Waals surface area contributed by atoms with Crippen LogP contribution >= 0.6 is 11.6 Å². The summed E-state index contributed by atoms with van der Waals surface area (Å²) in [6.45, 7) is 7.19. The molecule has 1 unspecified atom stereocenters. The Balaban J connectivity index is 2.03. The summed E-state index contributed by atoms with van der Waals surface area (Å²) in [5.74, 6) is 0.554. The van der Waals surface area contributed by atoms with Crippen LogP contribution in [-0.2, 0) is 19.4 Å². The van der Waals surface area contributed by atoms with Gasteiger partial charge in [-0.1, -0.05) is 30.7 Å². The van der Waals surface area contributed by atoms with Gasteiger partial charge in [-0.2, -0.15) is 5.10 Å². The van der Waals surface area contributed by atoms with Gasteiger partial charge in [0.15, 0.2) is 0 Å². The number of benzene rings is 1. The normalized spacial score (nSPS) is 12.5. The SMILES string of the molecule is CCNCC(Cc1cccc(Cl)c1)Cc1cnn(CC)c1. The van der Waals surface area contributed by atoms with E-state index in [0.29, 0.717) is 5.92 Å². The number of aromatic nitrogens is 2. The average molecular weight is 306 g/mol. The third-order valence-electron chi connectivity index (χ3n) is 3.63. The summed E-state index contributed by atoms with van der Waals surface area (Å²) < 4.78 is 1.99. The minimum atomic E-state index is 0.554. The van der Waals surface area contributed by atoms with Crippen molar-refractivity contribution < 1.29 is 0 Å². The molecule has 21 heavy (non-hydrogen) atoms. The summed E-state index contributed by atoms with van der Waals surface area (Å²) in [7, 11) is 0. The molecule has 1 aromatic carbocycles. The number of nitrogens with one attached hydrogen (secondary N) is 1. The quantitative estimate of drug-likeness (QED) is 0.808. The predicted molar refractivity (Wildman–Crippen MR) is 88.8 cm³/mol. The molecule has 4 heteroatoms. The molecule has 0 fully saturated rings. The lowest BCUT2D eigenvalue weighted by molar-refractivity contribution is 0.478. The second-order valence-electron chi connectivity index (χ2n) is 5.42. The van der Waals surface area contributed by atoms with E-state index in [1.165, 1.54) is 11.1 Å². The molecule has 1 aromatic heterocycles. The number of rotatable bonds is 8. The highest BCUT2D eigenvalue weighted by Gasteiger charge is 2.12. The Morgan fingerprint density at radius 3 is 2.71 bits per heavy atom. The fourth-order valence-corrected chi connectivity index (χ4v) is 2.79. The molecular formula is C17H24ClN3. The Labute approximate surface area is 132 Å². The molecule has 0 aliphatic heterocycles. The van der Waals surface area contributed by atoms with Crippen LogP contribution < -0.4 is 5.32 Å². The van der Waals surface area contributed by atoms with Crippen molar-refractivity contribution in [2.24, 2.45) is 5.92 Å². The van der Waals surface area contributed by atoms with Crippen LogP contribution in [0.2, 0.25) is 5.02 Å². The lowest BCUT2D eigenvalue weighted by atomic mass is 9.93. The monoisotopic (exact) mass is 305 g/mol. The van der Waals surface area contributed by atoms with Gasteiger partial charge in [-0.15, -0.1) is 0 Å². The van der Waals surface area contributed by atoms with Crippen LogP contribution in [-0.4, -0.2) is 22.9 Å². The molecule has 0 spiro atoms. The zero-order valence-electron chi connectivity index (χ0n) is 12.8. The van der Waals surface area contributed by atoms with Crippen LogP contribution in [0.1, 0.15) is 25.0 Å². The van der Waals surface area contributed by atoms with Crippen molar-refractivity contribution in [1.29, 1.82) is 0 Å². The Bertz CT molecular complexity index is 550. The molecule has 0 radical (unpaired) electrons. The zero-order valence-corrected chi connectivity index (χ0v) is 13.6. The molecule has 0 amide bonds. The van der Waals surface area contributed by atoms with Gasteiger partial charge in [-0.05, 0) is 62.0 Å². The fourth-order valence-electron chi connectivity index (χ4n) is 2.58. The van der Waals surface area contributed by atoms with Gasteiger partial charge in [-0.3, -0.25) is 4.68 Å². The predicted octanol–water partition coefficient (Wildman–Crippen LogP) is 3.57. The lowest BCUT2D eigenvalue weighted by Crippen LogP contribution is -2.25. The van der Waals surface area contributed by atoms with Gasteiger partial charge in [0.2, 0.25) is 0 Å². The number of hydrogen-bond acceptors (Lipinski definition) is 2. The minimum absolute atomic E-state index is 0.554. The van der Waals surface area contributed by atoms with E-state index >= 15 is 0 Å². The van der Waals surface area contributed by atoms with Gasteiger partial charge < -0.3 is 5.32 Å². The number of hydrogen-bond donors (Lipinski definition) is 1. The van der Waals surface area contributed by atoms with E-state index in [1.807, 2.05) is 23.0 Å². The molecular weight excluding hydrogens is 282 g/mol. The van der Waals surface area contributed by atoms with Crippen LogP contribution in [0.3, 0.4) is 0 Å². The highest BCUT2D eigenvalue weighted by atomic mass is 35.5. The average Bonchev–Trinajstić information content (AvgIpc) is 2.92. The maximum atomic E-state index is 6.09. The Morgan fingerprint density at radius 2 is 2.05 bits per heavy atom. The van der Waals surface area contributed by atoms with Gasteiger partial charge in [-0.25, -0.2) is 0 Å². The van der Waals surface area contributed by atoms with Crippen LogP contribution in [0.15, 0.2) is 36.7 Å². The van der Waals surface area contributed by atoms with Crippen molar-refractivity contribution in [3.8, 4) is 0 Å². The maximum Gasteiger partial charge on any atom is 0.0521 e. The van der Waals surface area contributed by atoms with Crippen molar-refractivity contribution in [2.45, 2.75) is 33.2 Å². The molecule has 0 saturated heterocycles. The maximum absolute atomic E-state index is 6.09. The number of halogens is 1. The second-order valence-corrected chi connectivity index (χ2v) is 5.85. The molecule has 1 N–H and O–H groups in total. The second kappa shape index (κ2) is 8.20. The van der Waals surface area contributed by atoms with Gasteiger partial charge >= 0.3 is 0 Å². The molecule has 1 atom stereocenters. The zero-order chi connectivity index (χ0) is 15.1. The smallest absolute Gasteiger partial charge is 0.0521 e. The number of aryl methyl sites for hydroxylation is 1. The van der Waals surface area contributed by atoms with Crippen LogP contribution in [0, 0.1) is 5.92 Å². The Kier molecular flexibility index (Phi) is 6.27. The van der Waals surface area contributed by atoms with E-state index in [4.69, 9.17) is 11.6 Å². The molecule has 114 valence electrons. The van der Waals surface area contributed by atoms with Crippen molar-refractivity contribution in [1.82, 2.24) is 15.1 Å². The number of nitrogens with zero attached hydrogens (tertiary/aromatic N) is 2. The summed E-state index contributed by atoms with van der Waals surface area (Å²) in [5, 5.41) is 8.64. The summed E-state index contributed by atoms with van der Waals surface area (Å²) in [6, 6.07) is 8.17. The standard InChI is InChI=1S/C17H24ClN3/c1-3-19-11-15(8-14-6-5-7-17(18)10-14)9-16-12-20-21(4-2)13-16/h5-7,10,12-13,15,19H,3-4,8-9,11H2,1-2H3. The first-order valence-corrected chi connectivity index (χ1v) is 8.05. The van der Waals surface area contributed by atoms with Crippen LogP contribution in [0.5, 0.6) is 0 Å². The molecule has 2 aromatic rings. The van der Waals surface area contributed by atoms with Gasteiger partial charge in [0.1, 0.15) is 0 Å². The van der Waals surface area contributed by atoms with E-state index < -0.39 is 0 Å². The summed E-state index contributed by atoms with van der Waals surface area (Å²) in [4.78, 5) is 0. The third kappa shape index (κ3) is 5.18. The van der Waals surface area contributed by atoms with E-state index in [9.17, 15) is 0 Å². The van der Waals surface area contributed by atoms with Crippen molar-refractivity contribution >= 4 is 11.6 Å². The minimum Gasteiger partial charge on any atom is -0.317 e. The fraction of sp³-hybridized carbons (Fsp3) is 0.471. The summed E-state index contributed by atoms with van der Waals surface area (Å²) in [6.07, 6.45) is 6.21. The highest BCUT2D eigenvalue weighted by Crippen LogP contribution is 2.17. The Morgan fingerprint density at radius 1 is 1.24 bits per heavy atom. The topological polar surface area (TPSA) is 29.9 Å². The molecule has 3 nitrogen and oxygen atoms in total. The van der Waals surface area contributed by atoms with E-state index in [2.05, 4.69) is 42.6 Å². The largest absolute Gasteiger partial charge is 0.317 e. The van der Waals surface area contributed by atoms with Crippen molar-refractivity contribution in [3.05, 3.63) is 52.8 Å². The third-order valence-corrected chi connectivity index (χ3v) is 3.87.